The van der Waals surface area contributed by atoms with Crippen molar-refractivity contribution in [2.75, 3.05) is 31.6 Å². The third-order valence-corrected chi connectivity index (χ3v) is 6.70. The molecule has 1 amide bonds. The number of benzene rings is 1. The monoisotopic (exact) mass is 448 g/mol. The fraction of sp³-hybridized carbons (Fsp3) is 0.368. The van der Waals surface area contributed by atoms with Crippen molar-refractivity contribution in [3.63, 3.8) is 0 Å². The summed E-state index contributed by atoms with van der Waals surface area (Å²) in [5, 5.41) is 6.86. The second-order valence-corrected chi connectivity index (χ2v) is 9.07. The van der Waals surface area contributed by atoms with Gasteiger partial charge in [0, 0.05) is 30.2 Å². The van der Waals surface area contributed by atoms with Gasteiger partial charge in [-0.25, -0.2) is 22.3 Å². The number of halogens is 1. The van der Waals surface area contributed by atoms with Crippen molar-refractivity contribution in [1.29, 1.82) is 0 Å². The quantitative estimate of drug-likeness (QED) is 0.620. The van der Waals surface area contributed by atoms with Crippen LogP contribution in [0.4, 0.5) is 10.1 Å². The number of fused-ring (bicyclic) bond motifs is 1. The number of hydrogen-bond acceptors (Lipinski definition) is 7. The zero-order valence-corrected chi connectivity index (χ0v) is 17.8. The van der Waals surface area contributed by atoms with Gasteiger partial charge in [0.15, 0.2) is 5.82 Å². The van der Waals surface area contributed by atoms with E-state index >= 15 is 0 Å². The molecule has 4 rings (SSSR count). The Kier molecular flexibility index (Phi) is 5.69. The van der Waals surface area contributed by atoms with E-state index in [4.69, 9.17) is 4.74 Å². The van der Waals surface area contributed by atoms with Crippen LogP contribution < -0.4 is 5.32 Å². The minimum Gasteiger partial charge on any atom is -0.379 e. The van der Waals surface area contributed by atoms with Crippen molar-refractivity contribution in [3.05, 3.63) is 47.3 Å². The zero-order chi connectivity index (χ0) is 22.2. The molecule has 1 aliphatic heterocycles. The number of nitrogens with one attached hydrogen (secondary N) is 1. The van der Waals surface area contributed by atoms with Crippen molar-refractivity contribution in [3.8, 4) is 0 Å². The van der Waals surface area contributed by atoms with E-state index in [9.17, 15) is 17.6 Å². The molecular weight excluding hydrogens is 427 g/mol. The molecule has 31 heavy (non-hydrogen) atoms. The van der Waals surface area contributed by atoms with Crippen LogP contribution in [-0.4, -0.2) is 64.5 Å². The summed E-state index contributed by atoms with van der Waals surface area (Å²) in [5.74, 6) is -0.696. The van der Waals surface area contributed by atoms with Gasteiger partial charge in [-0.1, -0.05) is 0 Å². The highest BCUT2D eigenvalue weighted by Gasteiger charge is 2.29. The van der Waals surface area contributed by atoms with Gasteiger partial charge >= 0.3 is 0 Å². The van der Waals surface area contributed by atoms with Gasteiger partial charge < -0.3 is 10.1 Å². The summed E-state index contributed by atoms with van der Waals surface area (Å²) < 4.78 is 47.7. The van der Waals surface area contributed by atoms with E-state index in [2.05, 4.69) is 20.4 Å². The molecule has 1 aliphatic rings. The topological polar surface area (TPSA) is 119 Å². The Morgan fingerprint density at radius 1 is 1.19 bits per heavy atom. The molecule has 0 atom stereocenters. The van der Waals surface area contributed by atoms with Crippen LogP contribution in [-0.2, 0) is 26.0 Å². The number of amides is 1. The normalized spacial score (nSPS) is 15.3. The van der Waals surface area contributed by atoms with Crippen molar-refractivity contribution >= 4 is 27.4 Å². The van der Waals surface area contributed by atoms with Crippen LogP contribution in [0, 0.1) is 19.7 Å². The molecule has 3 heterocycles. The predicted octanol–water partition coefficient (Wildman–Crippen LogP) is 1.08. The third-order valence-electron chi connectivity index (χ3n) is 4.78. The maximum atomic E-state index is 14.3. The van der Waals surface area contributed by atoms with Crippen LogP contribution in [0.1, 0.15) is 17.2 Å². The molecule has 0 radical (unpaired) electrons. The highest BCUT2D eigenvalue weighted by Crippen LogP contribution is 2.24. The van der Waals surface area contributed by atoms with Gasteiger partial charge in [-0.3, -0.25) is 4.79 Å². The van der Waals surface area contributed by atoms with Gasteiger partial charge in [-0.05, 0) is 38.1 Å². The lowest BCUT2D eigenvalue weighted by molar-refractivity contribution is -0.115. The van der Waals surface area contributed by atoms with E-state index in [0.29, 0.717) is 5.78 Å². The van der Waals surface area contributed by atoms with E-state index in [1.807, 2.05) is 19.9 Å². The molecule has 1 N–H and O–H groups in total. The Labute approximate surface area is 178 Å². The standard InChI is InChI=1S/C19H21FN6O4S/c1-12-9-13(2)26-19(21-12)23-17(24-26)11-18(27)22-14-3-4-15(20)16(10-14)31(28,29)25-5-7-30-8-6-25/h3-4,9-10H,5-8,11H2,1-2H3,(H,22,27). The van der Waals surface area contributed by atoms with Gasteiger partial charge in [-0.15, -0.1) is 5.10 Å². The van der Waals surface area contributed by atoms with Gasteiger partial charge in [0.05, 0.1) is 19.6 Å². The van der Waals surface area contributed by atoms with Crippen LogP contribution >= 0.6 is 0 Å². The average Bonchev–Trinajstić information content (AvgIpc) is 3.12. The number of anilines is 1. The second-order valence-electron chi connectivity index (χ2n) is 7.17. The lowest BCUT2D eigenvalue weighted by Gasteiger charge is -2.26. The largest absolute Gasteiger partial charge is 0.379 e. The number of morpholine rings is 1. The number of carbonyl (C=O) groups is 1. The number of rotatable bonds is 5. The molecule has 10 nitrogen and oxygen atoms in total. The Morgan fingerprint density at radius 3 is 2.68 bits per heavy atom. The number of aromatic nitrogens is 4. The van der Waals surface area contributed by atoms with Crippen LogP contribution in [0.3, 0.4) is 0 Å². The fourth-order valence-corrected chi connectivity index (χ4v) is 4.83. The predicted molar refractivity (Wildman–Crippen MR) is 109 cm³/mol. The lowest BCUT2D eigenvalue weighted by atomic mass is 10.3. The highest BCUT2D eigenvalue weighted by molar-refractivity contribution is 7.89. The van der Waals surface area contributed by atoms with Crippen molar-refractivity contribution in [1.82, 2.24) is 23.9 Å². The fourth-order valence-electron chi connectivity index (χ4n) is 3.34. The minimum atomic E-state index is -4.05. The molecule has 12 heteroatoms. The van der Waals surface area contributed by atoms with E-state index < -0.39 is 26.6 Å². The first-order valence-electron chi connectivity index (χ1n) is 9.61. The molecule has 1 saturated heterocycles. The summed E-state index contributed by atoms with van der Waals surface area (Å²) in [5.41, 5.74) is 1.78. The van der Waals surface area contributed by atoms with E-state index in [1.165, 1.54) is 10.4 Å². The van der Waals surface area contributed by atoms with Crippen molar-refractivity contribution < 1.29 is 22.3 Å². The highest BCUT2D eigenvalue weighted by atomic mass is 32.2. The molecular formula is C19H21FN6O4S. The molecule has 0 saturated carbocycles. The molecule has 1 aromatic carbocycles. The summed E-state index contributed by atoms with van der Waals surface area (Å²) in [6.07, 6.45) is -0.148. The molecule has 0 unspecified atom stereocenters. The molecule has 0 spiro atoms. The molecule has 0 aliphatic carbocycles. The first-order valence-corrected chi connectivity index (χ1v) is 11.1. The summed E-state index contributed by atoms with van der Waals surface area (Å²) >= 11 is 0. The molecule has 1 fully saturated rings. The summed E-state index contributed by atoms with van der Waals surface area (Å²) in [4.78, 5) is 20.5. The first kappa shape index (κ1) is 21.3. The Bertz CT molecular complexity index is 1250. The van der Waals surface area contributed by atoms with Gasteiger partial charge in [-0.2, -0.15) is 9.29 Å². The first-order chi connectivity index (χ1) is 14.7. The smallest absolute Gasteiger partial charge is 0.252 e. The number of carbonyl (C=O) groups excluding carboxylic acids is 1. The van der Waals surface area contributed by atoms with Crippen LogP contribution in [0.2, 0.25) is 0 Å². The third kappa shape index (κ3) is 4.40. The summed E-state index contributed by atoms with van der Waals surface area (Å²) in [7, 11) is -4.05. The van der Waals surface area contributed by atoms with Gasteiger partial charge in [0.25, 0.3) is 5.78 Å². The molecule has 3 aromatic rings. The van der Waals surface area contributed by atoms with Crippen molar-refractivity contribution in [2.24, 2.45) is 0 Å². The zero-order valence-electron chi connectivity index (χ0n) is 17.0. The Morgan fingerprint density at radius 2 is 1.94 bits per heavy atom. The lowest BCUT2D eigenvalue weighted by Crippen LogP contribution is -2.40. The maximum absolute atomic E-state index is 14.3. The van der Waals surface area contributed by atoms with Crippen LogP contribution in [0.5, 0.6) is 0 Å². The van der Waals surface area contributed by atoms with E-state index in [0.717, 1.165) is 23.5 Å². The number of nitrogens with zero attached hydrogens (tertiary/aromatic N) is 5. The average molecular weight is 448 g/mol. The van der Waals surface area contributed by atoms with Crippen LogP contribution in [0.15, 0.2) is 29.2 Å². The van der Waals surface area contributed by atoms with Crippen molar-refractivity contribution in [2.45, 2.75) is 25.2 Å². The maximum Gasteiger partial charge on any atom is 0.252 e. The number of hydrogen-bond donors (Lipinski definition) is 1. The number of aryl methyl sites for hydroxylation is 2. The molecule has 164 valence electrons. The Hall–Kier alpha value is -2.96. The summed E-state index contributed by atoms with van der Waals surface area (Å²) in [6, 6.07) is 5.28. The summed E-state index contributed by atoms with van der Waals surface area (Å²) in [6.45, 7) is 4.48. The van der Waals surface area contributed by atoms with E-state index in [-0.39, 0.29) is 44.2 Å². The minimum absolute atomic E-state index is 0.144. The molecule has 2 aromatic heterocycles. The second kappa shape index (κ2) is 8.29. The molecule has 0 bridgehead atoms. The van der Waals surface area contributed by atoms with Crippen LogP contribution in [0.25, 0.3) is 5.78 Å². The number of sulfonamides is 1. The van der Waals surface area contributed by atoms with Gasteiger partial charge in [0.2, 0.25) is 15.9 Å². The number of ether oxygens (including phenoxy) is 1. The SMILES string of the molecule is Cc1cc(C)n2nc(CC(=O)Nc3ccc(F)c(S(=O)(=O)N4CCOCC4)c3)nc2n1. The van der Waals surface area contributed by atoms with Gasteiger partial charge in [0.1, 0.15) is 10.7 Å². The van der Waals surface area contributed by atoms with E-state index in [1.54, 1.807) is 4.52 Å². The Balaban J connectivity index is 1.52.